The molecule has 3 heterocycles. The van der Waals surface area contributed by atoms with Crippen LogP contribution >= 0.6 is 0 Å². The van der Waals surface area contributed by atoms with Gasteiger partial charge in [0, 0.05) is 17.5 Å². The van der Waals surface area contributed by atoms with Crippen LogP contribution < -0.4 is 18.6 Å². The zero-order chi connectivity index (χ0) is 17.1. The molecule has 0 saturated heterocycles. The summed E-state index contributed by atoms with van der Waals surface area (Å²) in [6.07, 6.45) is 3.90. The molecule has 4 aromatic rings. The minimum absolute atomic E-state index is 0.149. The van der Waals surface area contributed by atoms with Crippen molar-refractivity contribution >= 4 is 27.1 Å². The zero-order valence-corrected chi connectivity index (χ0v) is 13.9. The summed E-state index contributed by atoms with van der Waals surface area (Å²) in [7, 11) is 1.56. The summed E-state index contributed by atoms with van der Waals surface area (Å²) < 4.78 is 18.5. The second-order valence-corrected chi connectivity index (χ2v) is 6.22. The number of methoxy groups -OCH3 is 1. The number of fused-ring (bicyclic) bond motifs is 6. The van der Waals surface area contributed by atoms with Crippen molar-refractivity contribution in [3.63, 3.8) is 0 Å². The Kier molecular flexibility index (Phi) is 2.77. The van der Waals surface area contributed by atoms with E-state index in [0.717, 1.165) is 44.1 Å². The van der Waals surface area contributed by atoms with E-state index in [4.69, 9.17) is 14.2 Å². The highest BCUT2D eigenvalue weighted by atomic mass is 16.7. The van der Waals surface area contributed by atoms with E-state index in [2.05, 4.69) is 6.07 Å². The smallest absolute Gasteiger partial charge is 0.231 e. The molecule has 0 atom stereocenters. The maximum atomic E-state index is 10.5. The first kappa shape index (κ1) is 14.2. The highest BCUT2D eigenvalue weighted by Crippen LogP contribution is 2.42. The van der Waals surface area contributed by atoms with Gasteiger partial charge >= 0.3 is 0 Å². The van der Waals surface area contributed by atoms with Crippen LogP contribution in [0, 0.1) is 6.92 Å². The number of aromatic nitrogens is 1. The third-order valence-corrected chi connectivity index (χ3v) is 4.84. The number of aromatic hydroxyl groups is 1. The van der Waals surface area contributed by atoms with Crippen LogP contribution in [0.2, 0.25) is 0 Å². The van der Waals surface area contributed by atoms with Gasteiger partial charge in [0.05, 0.1) is 12.5 Å². The molecule has 124 valence electrons. The van der Waals surface area contributed by atoms with Gasteiger partial charge in [-0.2, -0.15) is 4.40 Å². The molecule has 0 unspecified atom stereocenters. The Balaban J connectivity index is 1.98. The molecule has 1 N–H and O–H groups in total. The van der Waals surface area contributed by atoms with Gasteiger partial charge in [0.25, 0.3) is 0 Å². The minimum atomic E-state index is 0.149. The van der Waals surface area contributed by atoms with Gasteiger partial charge in [0.1, 0.15) is 5.39 Å². The minimum Gasteiger partial charge on any atom is -0.504 e. The van der Waals surface area contributed by atoms with Gasteiger partial charge in [0.15, 0.2) is 35.4 Å². The first-order valence-corrected chi connectivity index (χ1v) is 8.04. The van der Waals surface area contributed by atoms with Crippen LogP contribution in [0.3, 0.4) is 0 Å². The molecule has 0 bridgehead atoms. The van der Waals surface area contributed by atoms with Crippen molar-refractivity contribution < 1.29 is 23.7 Å². The summed E-state index contributed by atoms with van der Waals surface area (Å²) in [6.45, 7) is 2.25. The maximum absolute atomic E-state index is 10.5. The third-order valence-electron chi connectivity index (χ3n) is 4.84. The Morgan fingerprint density at radius 1 is 1.12 bits per heavy atom. The quantitative estimate of drug-likeness (QED) is 0.329. The average molecular weight is 334 g/mol. The number of rotatable bonds is 1. The van der Waals surface area contributed by atoms with E-state index in [1.165, 1.54) is 0 Å². The van der Waals surface area contributed by atoms with Crippen LogP contribution in [0.15, 0.2) is 42.7 Å². The molecule has 5 nitrogen and oxygen atoms in total. The molecule has 5 heteroatoms. The van der Waals surface area contributed by atoms with Gasteiger partial charge < -0.3 is 19.3 Å². The normalized spacial score (nSPS) is 13.0. The van der Waals surface area contributed by atoms with Crippen molar-refractivity contribution in [3.05, 3.63) is 48.3 Å². The molecule has 0 saturated carbocycles. The number of phenolic OH excluding ortho intramolecular Hbond substituents is 1. The van der Waals surface area contributed by atoms with Gasteiger partial charge in [0.2, 0.25) is 12.3 Å². The molecular formula is C20H16NO4+. The van der Waals surface area contributed by atoms with Gasteiger partial charge in [-0.25, -0.2) is 0 Å². The Bertz CT molecular complexity index is 1180. The van der Waals surface area contributed by atoms with Crippen LogP contribution in [-0.2, 0) is 0 Å². The molecule has 0 radical (unpaired) electrons. The van der Waals surface area contributed by atoms with E-state index in [-0.39, 0.29) is 12.5 Å². The van der Waals surface area contributed by atoms with E-state index >= 15 is 0 Å². The van der Waals surface area contributed by atoms with Gasteiger partial charge in [-0.3, -0.25) is 0 Å². The summed E-state index contributed by atoms with van der Waals surface area (Å²) in [5.41, 5.74) is 2.04. The van der Waals surface area contributed by atoms with Crippen LogP contribution in [-0.4, -0.2) is 19.0 Å². The van der Waals surface area contributed by atoms with Gasteiger partial charge in [-0.1, -0.05) is 0 Å². The fourth-order valence-electron chi connectivity index (χ4n) is 3.59. The molecular weight excluding hydrogens is 318 g/mol. The van der Waals surface area contributed by atoms with Crippen molar-refractivity contribution in [3.8, 4) is 23.0 Å². The fourth-order valence-corrected chi connectivity index (χ4v) is 3.59. The van der Waals surface area contributed by atoms with Gasteiger partial charge in [-0.05, 0) is 36.1 Å². The number of benzene rings is 2. The Morgan fingerprint density at radius 3 is 2.84 bits per heavy atom. The van der Waals surface area contributed by atoms with Crippen LogP contribution in [0.4, 0.5) is 0 Å². The molecule has 1 aliphatic rings. The predicted molar refractivity (Wildman–Crippen MR) is 93.7 cm³/mol. The second kappa shape index (κ2) is 4.89. The number of hydrogen-bond acceptors (Lipinski definition) is 4. The molecule has 0 spiro atoms. The summed E-state index contributed by atoms with van der Waals surface area (Å²) in [5.74, 6) is 2.15. The van der Waals surface area contributed by atoms with Crippen molar-refractivity contribution in [2.45, 2.75) is 6.92 Å². The monoisotopic (exact) mass is 334 g/mol. The van der Waals surface area contributed by atoms with Crippen molar-refractivity contribution in [1.82, 2.24) is 0 Å². The standard InChI is InChI=1S/C20H15NO4/c1-11-7-17(23-2)19(22)14-9-21-6-5-12-3-4-16-20(25-10-24-16)18(12)15(21)8-13(11)14/h3-9H,10H2,1-2H3/p+1. The number of pyridine rings is 2. The lowest BCUT2D eigenvalue weighted by atomic mass is 10.0. The SMILES string of the molecule is COc1cc(C)c2cc3c4c5c(ccc4cc[n+]3cc2c1O)OCO5. The van der Waals surface area contributed by atoms with Crippen molar-refractivity contribution in [1.29, 1.82) is 0 Å². The predicted octanol–water partition coefficient (Wildman–Crippen LogP) is 3.48. The Hall–Kier alpha value is -3.21. The lowest BCUT2D eigenvalue weighted by Gasteiger charge is -2.09. The zero-order valence-electron chi connectivity index (χ0n) is 13.9. The molecule has 2 aromatic heterocycles. The summed E-state index contributed by atoms with van der Waals surface area (Å²) in [5, 5.41) is 14.3. The van der Waals surface area contributed by atoms with Crippen molar-refractivity contribution in [2.24, 2.45) is 0 Å². The molecule has 0 aliphatic carbocycles. The average Bonchev–Trinajstić information content (AvgIpc) is 3.12. The van der Waals surface area contributed by atoms with E-state index in [1.54, 1.807) is 7.11 Å². The summed E-state index contributed by atoms with van der Waals surface area (Å²) in [6, 6.07) is 9.92. The van der Waals surface area contributed by atoms with Crippen LogP contribution in [0.25, 0.3) is 27.1 Å². The van der Waals surface area contributed by atoms with Crippen LogP contribution in [0.5, 0.6) is 23.0 Å². The highest BCUT2D eigenvalue weighted by Gasteiger charge is 2.23. The topological polar surface area (TPSA) is 52.0 Å². The first-order valence-electron chi connectivity index (χ1n) is 8.04. The van der Waals surface area contributed by atoms with E-state index in [1.807, 2.05) is 48.0 Å². The maximum Gasteiger partial charge on any atom is 0.231 e. The summed E-state index contributed by atoms with van der Waals surface area (Å²) >= 11 is 0. The highest BCUT2D eigenvalue weighted by molar-refractivity contribution is 6.04. The molecule has 2 aromatic carbocycles. The number of phenols is 1. The van der Waals surface area contributed by atoms with Crippen LogP contribution in [0.1, 0.15) is 5.56 Å². The van der Waals surface area contributed by atoms with E-state index in [0.29, 0.717) is 5.75 Å². The largest absolute Gasteiger partial charge is 0.504 e. The number of ether oxygens (including phenoxy) is 3. The summed E-state index contributed by atoms with van der Waals surface area (Å²) in [4.78, 5) is 0. The van der Waals surface area contributed by atoms with E-state index < -0.39 is 0 Å². The third kappa shape index (κ3) is 1.86. The molecule has 1 aliphatic heterocycles. The number of nitrogens with zero attached hydrogens (tertiary/aromatic N) is 1. The molecule has 0 fully saturated rings. The number of aryl methyl sites for hydroxylation is 1. The molecule has 5 rings (SSSR count). The Morgan fingerprint density at radius 2 is 2.00 bits per heavy atom. The molecule has 0 amide bonds. The van der Waals surface area contributed by atoms with Crippen molar-refractivity contribution in [2.75, 3.05) is 13.9 Å². The Labute approximate surface area is 143 Å². The lowest BCUT2D eigenvalue weighted by molar-refractivity contribution is -0.509. The number of hydrogen-bond donors (Lipinski definition) is 1. The van der Waals surface area contributed by atoms with Gasteiger partial charge in [-0.15, -0.1) is 0 Å². The fraction of sp³-hybridized carbons (Fsp3) is 0.150. The van der Waals surface area contributed by atoms with E-state index in [9.17, 15) is 5.11 Å². The molecule has 25 heavy (non-hydrogen) atoms. The first-order chi connectivity index (χ1) is 12.2. The second-order valence-electron chi connectivity index (χ2n) is 6.22. The lowest BCUT2D eigenvalue weighted by Crippen LogP contribution is -2.20.